The van der Waals surface area contributed by atoms with Gasteiger partial charge in [-0.1, -0.05) is 25.1 Å². The summed E-state index contributed by atoms with van der Waals surface area (Å²) in [7, 11) is 0. The predicted molar refractivity (Wildman–Crippen MR) is 80.4 cm³/mol. The molecule has 2 rings (SSSR count). The lowest BCUT2D eigenvalue weighted by Gasteiger charge is -2.19. The van der Waals surface area contributed by atoms with E-state index < -0.39 is 0 Å². The second-order valence-electron chi connectivity index (χ2n) is 4.50. The largest absolute Gasteiger partial charge is 0.494 e. The molecule has 1 unspecified atom stereocenters. The molecule has 0 saturated carbocycles. The lowest BCUT2D eigenvalue weighted by molar-refractivity contribution is 0.340. The molecule has 0 radical (unpaired) electrons. The van der Waals surface area contributed by atoms with E-state index in [2.05, 4.69) is 23.4 Å². The second-order valence-corrected chi connectivity index (χ2v) is 4.50. The van der Waals surface area contributed by atoms with Crippen molar-refractivity contribution in [2.24, 2.45) is 5.84 Å². The number of aromatic nitrogens is 1. The third-order valence-corrected chi connectivity index (χ3v) is 3.27. The first-order valence-electron chi connectivity index (χ1n) is 6.92. The Morgan fingerprint density at radius 2 is 1.95 bits per heavy atom. The van der Waals surface area contributed by atoms with Crippen LogP contribution in [-0.2, 0) is 6.42 Å². The number of nitrogens with zero attached hydrogens (tertiary/aromatic N) is 1. The quantitative estimate of drug-likeness (QED) is 0.626. The summed E-state index contributed by atoms with van der Waals surface area (Å²) in [6.45, 7) is 4.75. The number of nitrogens with one attached hydrogen (secondary N) is 1. The van der Waals surface area contributed by atoms with Gasteiger partial charge < -0.3 is 4.74 Å². The van der Waals surface area contributed by atoms with Crippen molar-refractivity contribution in [3.8, 4) is 5.75 Å². The number of pyridine rings is 1. The van der Waals surface area contributed by atoms with E-state index in [1.54, 1.807) is 6.20 Å². The van der Waals surface area contributed by atoms with Crippen LogP contribution in [0.3, 0.4) is 0 Å². The van der Waals surface area contributed by atoms with Gasteiger partial charge in [0.2, 0.25) is 0 Å². The van der Waals surface area contributed by atoms with Gasteiger partial charge in [-0.15, -0.1) is 0 Å². The highest BCUT2D eigenvalue weighted by Crippen LogP contribution is 2.24. The van der Waals surface area contributed by atoms with E-state index in [-0.39, 0.29) is 6.04 Å². The number of hydrogen-bond acceptors (Lipinski definition) is 4. The van der Waals surface area contributed by atoms with Gasteiger partial charge in [0.05, 0.1) is 18.3 Å². The Morgan fingerprint density at radius 3 is 2.55 bits per heavy atom. The van der Waals surface area contributed by atoms with E-state index in [9.17, 15) is 0 Å². The smallest absolute Gasteiger partial charge is 0.119 e. The Kier molecular flexibility index (Phi) is 5.09. The van der Waals surface area contributed by atoms with Crippen molar-refractivity contribution < 1.29 is 4.74 Å². The van der Waals surface area contributed by atoms with Crippen molar-refractivity contribution in [2.45, 2.75) is 26.3 Å². The molecule has 0 aliphatic carbocycles. The normalized spacial score (nSPS) is 12.2. The Morgan fingerprint density at radius 1 is 1.20 bits per heavy atom. The first-order valence-corrected chi connectivity index (χ1v) is 6.92. The minimum Gasteiger partial charge on any atom is -0.494 e. The average Bonchev–Trinajstić information content (AvgIpc) is 2.50. The van der Waals surface area contributed by atoms with Gasteiger partial charge in [-0.25, -0.2) is 5.43 Å². The predicted octanol–water partition coefficient (Wildman–Crippen LogP) is 2.60. The summed E-state index contributed by atoms with van der Waals surface area (Å²) in [6.07, 6.45) is 2.73. The van der Waals surface area contributed by atoms with Crippen LogP contribution in [0.1, 0.15) is 36.7 Å². The fourth-order valence-electron chi connectivity index (χ4n) is 2.27. The Bertz CT molecular complexity index is 540. The van der Waals surface area contributed by atoms with Gasteiger partial charge >= 0.3 is 0 Å². The van der Waals surface area contributed by atoms with Crippen molar-refractivity contribution in [1.29, 1.82) is 0 Å². The van der Waals surface area contributed by atoms with Gasteiger partial charge in [0, 0.05) is 6.20 Å². The molecule has 4 heteroatoms. The van der Waals surface area contributed by atoms with Crippen molar-refractivity contribution in [3.63, 3.8) is 0 Å². The maximum atomic E-state index is 5.74. The molecule has 4 nitrogen and oxygen atoms in total. The summed E-state index contributed by atoms with van der Waals surface area (Å²) >= 11 is 0. The zero-order valence-electron chi connectivity index (χ0n) is 12.0. The molecular weight excluding hydrogens is 250 g/mol. The summed E-state index contributed by atoms with van der Waals surface area (Å²) in [5, 5.41) is 0. The topological polar surface area (TPSA) is 60.2 Å². The third-order valence-electron chi connectivity index (χ3n) is 3.27. The van der Waals surface area contributed by atoms with Crippen molar-refractivity contribution >= 4 is 0 Å². The maximum Gasteiger partial charge on any atom is 0.119 e. The van der Waals surface area contributed by atoms with Gasteiger partial charge in [-0.05, 0) is 42.7 Å². The maximum absolute atomic E-state index is 5.74. The van der Waals surface area contributed by atoms with Crippen LogP contribution in [0.25, 0.3) is 0 Å². The van der Waals surface area contributed by atoms with Crippen LogP contribution in [0.5, 0.6) is 5.75 Å². The molecule has 0 aliphatic rings. The van der Waals surface area contributed by atoms with Crippen LogP contribution >= 0.6 is 0 Å². The molecule has 20 heavy (non-hydrogen) atoms. The van der Waals surface area contributed by atoms with Gasteiger partial charge in [0.15, 0.2) is 0 Å². The van der Waals surface area contributed by atoms with E-state index in [0.29, 0.717) is 6.61 Å². The summed E-state index contributed by atoms with van der Waals surface area (Å²) in [5.74, 6) is 6.60. The first-order chi connectivity index (χ1) is 9.80. The molecule has 0 saturated heterocycles. The molecule has 106 valence electrons. The molecule has 1 atom stereocenters. The molecule has 2 aromatic rings. The summed E-state index contributed by atoms with van der Waals surface area (Å²) in [5.41, 5.74) is 6.10. The van der Waals surface area contributed by atoms with E-state index in [4.69, 9.17) is 10.6 Å². The zero-order chi connectivity index (χ0) is 14.4. The average molecular weight is 271 g/mol. The minimum atomic E-state index is -0.109. The number of ether oxygens (including phenoxy) is 1. The van der Waals surface area contributed by atoms with Crippen molar-refractivity contribution in [2.75, 3.05) is 6.61 Å². The highest BCUT2D eigenvalue weighted by Gasteiger charge is 2.16. The molecule has 0 bridgehead atoms. The molecular formula is C16H21N3O. The van der Waals surface area contributed by atoms with Crippen LogP contribution in [0.15, 0.2) is 42.6 Å². The van der Waals surface area contributed by atoms with Gasteiger partial charge in [-0.2, -0.15) is 0 Å². The number of aryl methyl sites for hydroxylation is 1. The van der Waals surface area contributed by atoms with Crippen molar-refractivity contribution in [3.05, 3.63) is 59.4 Å². The summed E-state index contributed by atoms with van der Waals surface area (Å²) in [4.78, 5) is 4.48. The van der Waals surface area contributed by atoms with E-state index in [0.717, 1.165) is 23.4 Å². The summed E-state index contributed by atoms with van der Waals surface area (Å²) in [6, 6.07) is 11.9. The fourth-order valence-corrected chi connectivity index (χ4v) is 2.27. The monoisotopic (exact) mass is 271 g/mol. The standard InChI is InChI=1S/C16H21N3O/c1-3-12-6-5-11-18-15(12)16(19-17)13-7-9-14(10-8-13)20-4-2/h5-11,16,19H,3-4,17H2,1-2H3. The van der Waals surface area contributed by atoms with Crippen LogP contribution in [0.2, 0.25) is 0 Å². The molecule has 0 aliphatic heterocycles. The Labute approximate surface area is 120 Å². The SMILES string of the molecule is CCOc1ccc(C(NN)c2ncccc2CC)cc1. The fraction of sp³-hybridized carbons (Fsp3) is 0.312. The number of benzene rings is 1. The second kappa shape index (κ2) is 7.03. The lowest BCUT2D eigenvalue weighted by Crippen LogP contribution is -2.30. The van der Waals surface area contributed by atoms with E-state index >= 15 is 0 Å². The molecule has 0 fully saturated rings. The summed E-state index contributed by atoms with van der Waals surface area (Å²) < 4.78 is 5.46. The number of nitrogens with two attached hydrogens (primary N) is 1. The molecule has 0 amide bonds. The zero-order valence-corrected chi connectivity index (χ0v) is 12.0. The highest BCUT2D eigenvalue weighted by molar-refractivity contribution is 5.36. The number of rotatable bonds is 6. The van der Waals surface area contributed by atoms with Crippen LogP contribution in [0, 0.1) is 0 Å². The van der Waals surface area contributed by atoms with Gasteiger partial charge in [0.1, 0.15) is 5.75 Å². The molecule has 1 aromatic heterocycles. The lowest BCUT2D eigenvalue weighted by atomic mass is 9.98. The molecule has 0 spiro atoms. The number of hydrogen-bond donors (Lipinski definition) is 2. The highest BCUT2D eigenvalue weighted by atomic mass is 16.5. The third kappa shape index (κ3) is 3.15. The van der Waals surface area contributed by atoms with Crippen molar-refractivity contribution in [1.82, 2.24) is 10.4 Å². The number of hydrazine groups is 1. The molecule has 1 aromatic carbocycles. The van der Waals surface area contributed by atoms with E-state index in [1.807, 2.05) is 37.3 Å². The molecule has 3 N–H and O–H groups in total. The van der Waals surface area contributed by atoms with Crippen LogP contribution < -0.4 is 16.0 Å². The minimum absolute atomic E-state index is 0.109. The van der Waals surface area contributed by atoms with Gasteiger partial charge in [-0.3, -0.25) is 10.8 Å². The Hall–Kier alpha value is -1.91. The van der Waals surface area contributed by atoms with Crippen LogP contribution in [-0.4, -0.2) is 11.6 Å². The molecule has 1 heterocycles. The first kappa shape index (κ1) is 14.5. The van der Waals surface area contributed by atoms with Gasteiger partial charge in [0.25, 0.3) is 0 Å². The Balaban J connectivity index is 2.31. The van der Waals surface area contributed by atoms with Crippen LogP contribution in [0.4, 0.5) is 0 Å². The van der Waals surface area contributed by atoms with E-state index in [1.165, 1.54) is 5.56 Å².